The SMILES string of the molecule is CC(C)CCCCCCCCCCCCCCC(=O)OC[C@H](COP(=O)(O)OCC(O)COP(=O)(O)OC[C@@H](COC(=O)CCCCCCCCCCC(C)C)OC(=O)CCCCCCCCCCC(C)C)OC(=O)CCCCCCCCCCCCC(C)C. The van der Waals surface area contributed by atoms with E-state index in [-0.39, 0.29) is 25.7 Å². The van der Waals surface area contributed by atoms with E-state index in [1.54, 1.807) is 0 Å². The molecule has 0 fully saturated rings. The number of unbranched alkanes of at least 4 members (excludes halogenated alkanes) is 34. The topological polar surface area (TPSA) is 237 Å². The first-order valence-corrected chi connectivity index (χ1v) is 39.7. The Hall–Kier alpha value is -1.94. The van der Waals surface area contributed by atoms with E-state index >= 15 is 0 Å². The van der Waals surface area contributed by atoms with Crippen molar-refractivity contribution >= 4 is 39.5 Å². The molecule has 90 heavy (non-hydrogen) atoms. The summed E-state index contributed by atoms with van der Waals surface area (Å²) < 4.78 is 68.3. The number of rotatable bonds is 68. The van der Waals surface area contributed by atoms with Gasteiger partial charge in [0.25, 0.3) is 0 Å². The van der Waals surface area contributed by atoms with E-state index in [9.17, 15) is 43.2 Å². The molecule has 17 nitrogen and oxygen atoms in total. The number of carbonyl (C=O) groups is 4. The molecule has 0 aromatic heterocycles. The zero-order valence-electron chi connectivity index (χ0n) is 58.8. The van der Waals surface area contributed by atoms with Crippen molar-refractivity contribution in [2.45, 2.75) is 369 Å². The van der Waals surface area contributed by atoms with Gasteiger partial charge in [0.15, 0.2) is 12.2 Å². The highest BCUT2D eigenvalue weighted by atomic mass is 31.2. The van der Waals surface area contributed by atoms with Gasteiger partial charge in [-0.15, -0.1) is 0 Å². The molecule has 19 heteroatoms. The van der Waals surface area contributed by atoms with Crippen molar-refractivity contribution in [2.75, 3.05) is 39.6 Å². The van der Waals surface area contributed by atoms with Gasteiger partial charge < -0.3 is 33.8 Å². The molecule has 0 aliphatic rings. The maximum absolute atomic E-state index is 13.0. The van der Waals surface area contributed by atoms with Gasteiger partial charge >= 0.3 is 39.5 Å². The van der Waals surface area contributed by atoms with Crippen LogP contribution in [0.1, 0.15) is 351 Å². The van der Waals surface area contributed by atoms with Crippen LogP contribution in [0.4, 0.5) is 0 Å². The lowest BCUT2D eigenvalue weighted by Crippen LogP contribution is -2.30. The second kappa shape index (κ2) is 60.7. The quantitative estimate of drug-likeness (QED) is 0.0222. The third-order valence-corrected chi connectivity index (χ3v) is 18.2. The number of aliphatic hydroxyl groups excluding tert-OH is 1. The van der Waals surface area contributed by atoms with Gasteiger partial charge in [-0.25, -0.2) is 9.13 Å². The van der Waals surface area contributed by atoms with Crippen molar-refractivity contribution in [1.29, 1.82) is 0 Å². The van der Waals surface area contributed by atoms with Crippen LogP contribution in [0.15, 0.2) is 0 Å². The summed E-state index contributed by atoms with van der Waals surface area (Å²) in [5, 5.41) is 10.6. The summed E-state index contributed by atoms with van der Waals surface area (Å²) in [5.74, 6) is 0.849. The molecule has 3 unspecified atom stereocenters. The summed E-state index contributed by atoms with van der Waals surface area (Å²) in [6.07, 6.45) is 43.1. The zero-order valence-corrected chi connectivity index (χ0v) is 60.6. The van der Waals surface area contributed by atoms with Crippen LogP contribution in [0, 0.1) is 23.7 Å². The third kappa shape index (κ3) is 64.8. The summed E-state index contributed by atoms with van der Waals surface area (Å²) in [7, 11) is -9.90. The highest BCUT2D eigenvalue weighted by molar-refractivity contribution is 7.47. The number of phosphoric ester groups is 2. The van der Waals surface area contributed by atoms with E-state index in [0.717, 1.165) is 114 Å². The Morgan fingerprint density at radius 1 is 0.278 bits per heavy atom. The normalized spacial score (nSPS) is 14.3. The Kier molecular flexibility index (Phi) is 59.4. The molecule has 0 radical (unpaired) electrons. The predicted molar refractivity (Wildman–Crippen MR) is 363 cm³/mol. The van der Waals surface area contributed by atoms with Crippen LogP contribution < -0.4 is 0 Å². The number of aliphatic hydroxyl groups is 1. The molecule has 0 aliphatic carbocycles. The van der Waals surface area contributed by atoms with Crippen molar-refractivity contribution in [3.05, 3.63) is 0 Å². The molecule has 0 rings (SSSR count). The van der Waals surface area contributed by atoms with Crippen molar-refractivity contribution in [2.24, 2.45) is 23.7 Å². The number of carbonyl (C=O) groups excluding carboxylic acids is 4. The first kappa shape index (κ1) is 88.1. The molecule has 0 saturated carbocycles. The maximum Gasteiger partial charge on any atom is 0.472 e. The summed E-state index contributed by atoms with van der Waals surface area (Å²) >= 11 is 0. The van der Waals surface area contributed by atoms with Gasteiger partial charge in [-0.2, -0.15) is 0 Å². The molecule has 0 heterocycles. The van der Waals surface area contributed by atoms with Crippen LogP contribution in [-0.2, 0) is 65.4 Å². The molecule has 534 valence electrons. The summed E-state index contributed by atoms with van der Waals surface area (Å²) in [6.45, 7) is 14.1. The van der Waals surface area contributed by atoms with E-state index in [2.05, 4.69) is 55.4 Å². The van der Waals surface area contributed by atoms with Crippen LogP contribution in [0.3, 0.4) is 0 Å². The third-order valence-electron chi connectivity index (χ3n) is 16.3. The molecule has 0 aromatic carbocycles. The first-order chi connectivity index (χ1) is 43.1. The van der Waals surface area contributed by atoms with Gasteiger partial charge in [-0.05, 0) is 49.4 Å². The van der Waals surface area contributed by atoms with E-state index in [1.807, 2.05) is 0 Å². The number of hydrogen-bond acceptors (Lipinski definition) is 15. The second-order valence-electron chi connectivity index (χ2n) is 27.5. The number of hydrogen-bond donors (Lipinski definition) is 3. The van der Waals surface area contributed by atoms with E-state index in [1.165, 1.54) is 154 Å². The fraction of sp³-hybridized carbons (Fsp3) is 0.944. The predicted octanol–water partition coefficient (Wildman–Crippen LogP) is 20.1. The molecule has 0 spiro atoms. The van der Waals surface area contributed by atoms with Crippen LogP contribution in [-0.4, -0.2) is 96.7 Å². The lowest BCUT2D eigenvalue weighted by molar-refractivity contribution is -0.161. The first-order valence-electron chi connectivity index (χ1n) is 36.7. The van der Waals surface area contributed by atoms with E-state index < -0.39 is 97.5 Å². The largest absolute Gasteiger partial charge is 0.472 e. The molecular formula is C71H138O17P2. The van der Waals surface area contributed by atoms with Crippen LogP contribution in [0.25, 0.3) is 0 Å². The lowest BCUT2D eigenvalue weighted by Gasteiger charge is -2.21. The zero-order chi connectivity index (χ0) is 66.8. The molecular weight excluding hydrogens is 1190 g/mol. The van der Waals surface area contributed by atoms with Crippen molar-refractivity contribution in [3.8, 4) is 0 Å². The lowest BCUT2D eigenvalue weighted by atomic mass is 10.0. The highest BCUT2D eigenvalue weighted by Gasteiger charge is 2.30. The fourth-order valence-electron chi connectivity index (χ4n) is 10.7. The minimum absolute atomic E-state index is 0.103. The number of ether oxygens (including phenoxy) is 4. The molecule has 0 saturated heterocycles. The molecule has 0 amide bonds. The van der Waals surface area contributed by atoms with Gasteiger partial charge in [0.1, 0.15) is 19.3 Å². The van der Waals surface area contributed by atoms with Gasteiger partial charge in [0, 0.05) is 25.7 Å². The van der Waals surface area contributed by atoms with Gasteiger partial charge in [-0.3, -0.25) is 37.3 Å². The van der Waals surface area contributed by atoms with Crippen molar-refractivity contribution in [1.82, 2.24) is 0 Å². The summed E-state index contributed by atoms with van der Waals surface area (Å²) in [5.41, 5.74) is 0. The highest BCUT2D eigenvalue weighted by Crippen LogP contribution is 2.45. The van der Waals surface area contributed by atoms with E-state index in [0.29, 0.717) is 25.7 Å². The smallest absolute Gasteiger partial charge is 0.462 e. The molecule has 3 N–H and O–H groups in total. The Labute approximate surface area is 549 Å². The van der Waals surface area contributed by atoms with Gasteiger partial charge in [-0.1, -0.05) is 299 Å². The Bertz CT molecular complexity index is 1780. The average Bonchev–Trinajstić information content (AvgIpc) is 3.62. The minimum atomic E-state index is -4.95. The van der Waals surface area contributed by atoms with Crippen LogP contribution in [0.5, 0.6) is 0 Å². The molecule has 0 aliphatic heterocycles. The standard InChI is InChI=1S/C71H138O17P2/c1-61(2)47-39-31-23-15-11-9-10-12-17-27-35-43-51-68(73)81-57-66(87-70(75)53-45-37-29-18-14-13-16-24-32-40-48-62(3)4)59-85-89(77,78)83-55-65(72)56-84-90(79,80)86-60-67(88-71(76)54-46-38-30-22-20-26-34-42-50-64(7)8)58-82-69(74)52-44-36-28-21-19-25-33-41-49-63(5)6/h61-67,72H,9-60H2,1-8H3,(H,77,78)(H,79,80)/t65?,66-,67-/m1/s1. The fourth-order valence-corrected chi connectivity index (χ4v) is 12.2. The van der Waals surface area contributed by atoms with Gasteiger partial charge in [0.05, 0.1) is 26.4 Å². The monoisotopic (exact) mass is 1320 g/mol. The summed E-state index contributed by atoms with van der Waals surface area (Å²) in [4.78, 5) is 72.6. The second-order valence-corrected chi connectivity index (χ2v) is 30.4. The maximum atomic E-state index is 13.0. The molecule has 5 atom stereocenters. The average molecular weight is 1330 g/mol. The number of phosphoric acid groups is 2. The summed E-state index contributed by atoms with van der Waals surface area (Å²) in [6, 6.07) is 0. The molecule has 0 aromatic rings. The van der Waals surface area contributed by atoms with E-state index in [4.69, 9.17) is 37.0 Å². The molecule has 0 bridgehead atoms. The number of esters is 4. The van der Waals surface area contributed by atoms with Crippen LogP contribution in [0.2, 0.25) is 0 Å². The van der Waals surface area contributed by atoms with Gasteiger partial charge in [0.2, 0.25) is 0 Å². The van der Waals surface area contributed by atoms with Crippen molar-refractivity contribution in [3.63, 3.8) is 0 Å². The Morgan fingerprint density at radius 3 is 0.689 bits per heavy atom. The van der Waals surface area contributed by atoms with Crippen LogP contribution >= 0.6 is 15.6 Å². The van der Waals surface area contributed by atoms with Crippen molar-refractivity contribution < 1.29 is 80.2 Å². The Balaban J connectivity index is 5.25. The minimum Gasteiger partial charge on any atom is -0.462 e. The Morgan fingerprint density at radius 2 is 0.467 bits per heavy atom.